The van der Waals surface area contributed by atoms with Gasteiger partial charge in [0.1, 0.15) is 5.71 Å². The number of likely N-dealkylation sites (tertiary alicyclic amines) is 1. The van der Waals surface area contributed by atoms with Gasteiger partial charge in [-0.05, 0) is 42.5 Å². The standard InChI is InChI=1S/C14H18N8O/c1-10(16-17-14-18-20-21-19-14)13(23)22-7-4-11(5-8-22)12-3-2-6-15-9-12/h2-3,6,9,11H,4-5,7-8H2,1H3,(H2,17,18,19,20,21). The van der Waals surface area contributed by atoms with E-state index in [9.17, 15) is 4.79 Å². The van der Waals surface area contributed by atoms with Crippen molar-refractivity contribution >= 4 is 17.6 Å². The number of anilines is 1. The van der Waals surface area contributed by atoms with E-state index in [1.165, 1.54) is 5.56 Å². The van der Waals surface area contributed by atoms with E-state index in [4.69, 9.17) is 0 Å². The molecule has 1 aliphatic rings. The van der Waals surface area contributed by atoms with Gasteiger partial charge in [0.05, 0.1) is 0 Å². The second-order valence-corrected chi connectivity index (χ2v) is 5.40. The molecule has 9 heteroatoms. The molecule has 1 fully saturated rings. The number of piperidine rings is 1. The number of carbonyl (C=O) groups excluding carboxylic acids is 1. The van der Waals surface area contributed by atoms with Crippen LogP contribution in [0.25, 0.3) is 0 Å². The maximum atomic E-state index is 12.4. The lowest BCUT2D eigenvalue weighted by atomic mass is 9.90. The maximum Gasteiger partial charge on any atom is 0.283 e. The van der Waals surface area contributed by atoms with Crippen LogP contribution in [0.3, 0.4) is 0 Å². The van der Waals surface area contributed by atoms with Crippen LogP contribution in [0.1, 0.15) is 31.2 Å². The third-order valence-electron chi connectivity index (χ3n) is 3.92. The lowest BCUT2D eigenvalue weighted by molar-refractivity contribution is -0.125. The van der Waals surface area contributed by atoms with Crippen LogP contribution in [0.15, 0.2) is 29.6 Å². The Morgan fingerprint density at radius 3 is 2.91 bits per heavy atom. The van der Waals surface area contributed by atoms with Gasteiger partial charge in [-0.25, -0.2) is 5.43 Å². The highest BCUT2D eigenvalue weighted by molar-refractivity contribution is 6.37. The van der Waals surface area contributed by atoms with E-state index in [1.807, 2.05) is 17.2 Å². The average Bonchev–Trinajstić information content (AvgIpc) is 3.13. The third-order valence-corrected chi connectivity index (χ3v) is 3.92. The van der Waals surface area contributed by atoms with E-state index in [2.05, 4.69) is 42.2 Å². The van der Waals surface area contributed by atoms with Crippen LogP contribution in [-0.4, -0.2) is 55.2 Å². The van der Waals surface area contributed by atoms with Gasteiger partial charge in [0.15, 0.2) is 0 Å². The minimum Gasteiger partial charge on any atom is -0.338 e. The number of H-pyrrole nitrogens is 1. The summed E-state index contributed by atoms with van der Waals surface area (Å²) >= 11 is 0. The van der Waals surface area contributed by atoms with Gasteiger partial charge in [0.2, 0.25) is 0 Å². The third kappa shape index (κ3) is 3.68. The minimum absolute atomic E-state index is 0.0781. The molecule has 2 aromatic rings. The molecule has 9 nitrogen and oxygen atoms in total. The number of amides is 1. The number of nitrogens with one attached hydrogen (secondary N) is 2. The van der Waals surface area contributed by atoms with Gasteiger partial charge in [0, 0.05) is 25.5 Å². The Kier molecular flexibility index (Phi) is 4.55. The molecule has 0 aliphatic carbocycles. The summed E-state index contributed by atoms with van der Waals surface area (Å²) in [5.41, 5.74) is 4.20. The van der Waals surface area contributed by atoms with Crippen LogP contribution in [0.5, 0.6) is 0 Å². The Hall–Kier alpha value is -2.84. The van der Waals surface area contributed by atoms with Gasteiger partial charge in [0.25, 0.3) is 11.9 Å². The van der Waals surface area contributed by atoms with Crippen molar-refractivity contribution in [3.05, 3.63) is 30.1 Å². The smallest absolute Gasteiger partial charge is 0.283 e. The molecule has 0 atom stereocenters. The summed E-state index contributed by atoms with van der Waals surface area (Å²) in [4.78, 5) is 18.4. The molecule has 0 radical (unpaired) electrons. The second-order valence-electron chi connectivity index (χ2n) is 5.40. The molecule has 23 heavy (non-hydrogen) atoms. The molecule has 3 rings (SSSR count). The van der Waals surface area contributed by atoms with E-state index in [-0.39, 0.29) is 11.9 Å². The molecule has 1 saturated heterocycles. The quantitative estimate of drug-likeness (QED) is 0.637. The Labute approximate surface area is 133 Å². The van der Waals surface area contributed by atoms with Gasteiger partial charge in [-0.1, -0.05) is 11.2 Å². The molecule has 2 N–H and O–H groups in total. The lowest BCUT2D eigenvalue weighted by Gasteiger charge is -2.32. The zero-order chi connectivity index (χ0) is 16.1. The van der Waals surface area contributed by atoms with Crippen LogP contribution >= 0.6 is 0 Å². The average molecular weight is 314 g/mol. The number of hydrogen-bond acceptors (Lipinski definition) is 7. The van der Waals surface area contributed by atoms with Crippen LogP contribution in [0.4, 0.5) is 5.95 Å². The molecule has 0 saturated carbocycles. The molecule has 0 bridgehead atoms. The Bertz CT molecular complexity index is 661. The topological polar surface area (TPSA) is 112 Å². The molecule has 3 heterocycles. The summed E-state index contributed by atoms with van der Waals surface area (Å²) in [7, 11) is 0. The predicted molar refractivity (Wildman–Crippen MR) is 83.7 cm³/mol. The summed E-state index contributed by atoms with van der Waals surface area (Å²) in [5.74, 6) is 0.612. The normalized spacial score (nSPS) is 16.4. The van der Waals surface area contributed by atoms with Crippen LogP contribution in [0.2, 0.25) is 0 Å². The first-order valence-corrected chi connectivity index (χ1v) is 7.47. The number of rotatable bonds is 4. The van der Waals surface area contributed by atoms with Gasteiger partial charge in [-0.3, -0.25) is 9.78 Å². The van der Waals surface area contributed by atoms with Crippen molar-refractivity contribution < 1.29 is 4.79 Å². The number of tetrazole rings is 1. The molecular formula is C14H18N8O. The van der Waals surface area contributed by atoms with Crippen molar-refractivity contribution in [1.29, 1.82) is 0 Å². The monoisotopic (exact) mass is 314 g/mol. The number of nitrogens with zero attached hydrogens (tertiary/aromatic N) is 6. The number of pyridine rings is 1. The van der Waals surface area contributed by atoms with Crippen molar-refractivity contribution in [2.45, 2.75) is 25.7 Å². The Morgan fingerprint density at radius 1 is 1.43 bits per heavy atom. The van der Waals surface area contributed by atoms with Gasteiger partial charge < -0.3 is 4.90 Å². The van der Waals surface area contributed by atoms with E-state index < -0.39 is 0 Å². The lowest BCUT2D eigenvalue weighted by Crippen LogP contribution is -2.41. The molecule has 0 spiro atoms. The molecule has 120 valence electrons. The minimum atomic E-state index is -0.0781. The number of carbonyl (C=O) groups is 1. The van der Waals surface area contributed by atoms with E-state index >= 15 is 0 Å². The number of hydrogen-bond donors (Lipinski definition) is 2. The molecule has 1 amide bonds. The predicted octanol–water partition coefficient (Wildman–Crippen LogP) is 0.789. The molecule has 2 aromatic heterocycles. The van der Waals surface area contributed by atoms with Crippen molar-refractivity contribution in [2.75, 3.05) is 18.5 Å². The van der Waals surface area contributed by atoms with Crippen molar-refractivity contribution in [1.82, 2.24) is 30.5 Å². The first-order valence-electron chi connectivity index (χ1n) is 7.47. The zero-order valence-electron chi connectivity index (χ0n) is 12.8. The maximum absolute atomic E-state index is 12.4. The van der Waals surface area contributed by atoms with E-state index in [0.717, 1.165) is 12.8 Å². The summed E-state index contributed by atoms with van der Waals surface area (Å²) in [6.45, 7) is 3.10. The fraction of sp³-hybridized carbons (Fsp3) is 0.429. The van der Waals surface area contributed by atoms with Crippen LogP contribution in [0, 0.1) is 0 Å². The number of aromatic nitrogens is 5. The van der Waals surface area contributed by atoms with Crippen molar-refractivity contribution in [3.63, 3.8) is 0 Å². The zero-order valence-corrected chi connectivity index (χ0v) is 12.8. The van der Waals surface area contributed by atoms with E-state index in [0.29, 0.717) is 24.7 Å². The van der Waals surface area contributed by atoms with Gasteiger partial charge in [-0.15, -0.1) is 5.10 Å². The fourth-order valence-corrected chi connectivity index (χ4v) is 2.65. The highest BCUT2D eigenvalue weighted by Gasteiger charge is 2.25. The van der Waals surface area contributed by atoms with Gasteiger partial charge >= 0.3 is 0 Å². The van der Waals surface area contributed by atoms with Crippen molar-refractivity contribution in [3.8, 4) is 0 Å². The summed E-state index contributed by atoms with van der Waals surface area (Å²) < 4.78 is 0. The largest absolute Gasteiger partial charge is 0.338 e. The summed E-state index contributed by atoms with van der Waals surface area (Å²) in [5, 5.41) is 17.1. The Balaban J connectivity index is 1.54. The Morgan fingerprint density at radius 2 is 2.26 bits per heavy atom. The summed E-state index contributed by atoms with van der Waals surface area (Å²) in [6.07, 6.45) is 5.55. The molecular weight excluding hydrogens is 296 g/mol. The first kappa shape index (κ1) is 15.1. The fourth-order valence-electron chi connectivity index (χ4n) is 2.65. The second kappa shape index (κ2) is 6.95. The van der Waals surface area contributed by atoms with Gasteiger partial charge in [-0.2, -0.15) is 10.3 Å². The van der Waals surface area contributed by atoms with Crippen LogP contribution in [-0.2, 0) is 4.79 Å². The number of hydrazone groups is 1. The van der Waals surface area contributed by atoms with Crippen molar-refractivity contribution in [2.24, 2.45) is 5.10 Å². The summed E-state index contributed by atoms with van der Waals surface area (Å²) in [6, 6.07) is 4.05. The first-order chi connectivity index (χ1) is 11.2. The SMILES string of the molecule is CC(=NNc1nn[nH]n1)C(=O)N1CCC(c2cccnc2)CC1. The molecule has 1 aliphatic heterocycles. The van der Waals surface area contributed by atoms with E-state index in [1.54, 1.807) is 13.1 Å². The molecule has 0 unspecified atom stereocenters. The number of aromatic amines is 1. The van der Waals surface area contributed by atoms with Crippen LogP contribution < -0.4 is 5.43 Å². The highest BCUT2D eigenvalue weighted by atomic mass is 16.2. The molecule has 0 aromatic carbocycles. The highest BCUT2D eigenvalue weighted by Crippen LogP contribution is 2.27.